The van der Waals surface area contributed by atoms with Crippen molar-refractivity contribution in [3.63, 3.8) is 0 Å². The first kappa shape index (κ1) is 31.0. The van der Waals surface area contributed by atoms with Gasteiger partial charge in [0.1, 0.15) is 0 Å². The molecule has 0 radical (unpaired) electrons. The lowest BCUT2D eigenvalue weighted by atomic mass is 10.1. The molecule has 5 aromatic carbocycles. The minimum absolute atomic E-state index is 0.325. The zero-order chi connectivity index (χ0) is 32.0. The smallest absolute Gasteiger partial charge is 0.333 e. The summed E-state index contributed by atoms with van der Waals surface area (Å²) in [5.74, 6) is -1.24. The summed E-state index contributed by atoms with van der Waals surface area (Å²) in [7, 11) is 0. The molecular formula is C42H32N2O2. The van der Waals surface area contributed by atoms with Crippen LogP contribution in [0.4, 0.5) is 17.1 Å². The van der Waals surface area contributed by atoms with Crippen LogP contribution in [0.1, 0.15) is 27.8 Å². The van der Waals surface area contributed by atoms with Crippen molar-refractivity contribution in [2.24, 2.45) is 0 Å². The number of anilines is 3. The van der Waals surface area contributed by atoms with Gasteiger partial charge in [-0.3, -0.25) is 4.79 Å². The predicted octanol–water partition coefficient (Wildman–Crippen LogP) is 11.0. The van der Waals surface area contributed by atoms with Crippen LogP contribution in [0.5, 0.6) is 0 Å². The van der Waals surface area contributed by atoms with Crippen molar-refractivity contribution >= 4 is 53.4 Å². The maximum Gasteiger partial charge on any atom is 0.333 e. The number of benzene rings is 5. The Kier molecular flexibility index (Phi) is 10.7. The molecule has 0 heterocycles. The zero-order valence-electron chi connectivity index (χ0n) is 25.1. The number of carboxylic acid groups (broad SMARTS) is 1. The molecule has 5 aromatic rings. The zero-order valence-corrected chi connectivity index (χ0v) is 25.1. The highest BCUT2D eigenvalue weighted by Gasteiger charge is 2.13. The van der Waals surface area contributed by atoms with Gasteiger partial charge < -0.3 is 10.0 Å². The van der Waals surface area contributed by atoms with Gasteiger partial charge in [-0.2, -0.15) is 0 Å². The van der Waals surface area contributed by atoms with E-state index < -0.39 is 5.97 Å². The second-order valence-electron chi connectivity index (χ2n) is 10.3. The van der Waals surface area contributed by atoms with E-state index in [1.165, 1.54) is 6.08 Å². The second kappa shape index (κ2) is 15.9. The Morgan fingerprint density at radius 1 is 0.500 bits per heavy atom. The third-order valence-electron chi connectivity index (χ3n) is 7.07. The monoisotopic (exact) mass is 596 g/mol. The predicted molar refractivity (Wildman–Crippen MR) is 192 cm³/mol. The second-order valence-corrected chi connectivity index (χ2v) is 10.3. The molecule has 0 unspecified atom stereocenters. The molecule has 4 heteroatoms. The highest BCUT2D eigenvalue weighted by Crippen LogP contribution is 2.35. The molecule has 0 amide bonds. The molecule has 5 rings (SSSR count). The Hall–Kier alpha value is -6.44. The molecule has 0 bridgehead atoms. The van der Waals surface area contributed by atoms with Gasteiger partial charge in [0.15, 0.2) is 0 Å². The fraction of sp³-hybridized carbons (Fsp3) is 0. The van der Waals surface area contributed by atoms with Gasteiger partial charge in [-0.15, -0.1) is 0 Å². The molecule has 0 fully saturated rings. The van der Waals surface area contributed by atoms with Crippen molar-refractivity contribution < 1.29 is 9.90 Å². The number of hydrogen-bond donors (Lipinski definition) is 1. The fourth-order valence-corrected chi connectivity index (χ4v) is 4.73. The third kappa shape index (κ3) is 8.79. The Labute approximate surface area is 270 Å². The average Bonchev–Trinajstić information content (AvgIpc) is 3.10. The summed E-state index contributed by atoms with van der Waals surface area (Å²) in [5, 5.41) is 9.25. The summed E-state index contributed by atoms with van der Waals surface area (Å²) in [4.78, 5) is 16.6. The van der Waals surface area contributed by atoms with E-state index in [-0.39, 0.29) is 5.70 Å². The van der Waals surface area contributed by atoms with Crippen LogP contribution in [0.25, 0.3) is 35.2 Å². The molecule has 0 aromatic heterocycles. The van der Waals surface area contributed by atoms with Crippen LogP contribution in [0.15, 0.2) is 163 Å². The number of aliphatic carboxylic acids is 1. The number of carbonyl (C=O) groups is 1. The third-order valence-corrected chi connectivity index (χ3v) is 7.07. The molecule has 0 saturated heterocycles. The first-order chi connectivity index (χ1) is 22.6. The lowest BCUT2D eigenvalue weighted by molar-refractivity contribution is -0.132. The summed E-state index contributed by atoms with van der Waals surface area (Å²) in [6.07, 6.45) is 17.8. The van der Waals surface area contributed by atoms with E-state index in [0.29, 0.717) is 5.56 Å². The molecule has 1 N–H and O–H groups in total. The maximum absolute atomic E-state index is 11.3. The lowest BCUT2D eigenvalue weighted by Gasteiger charge is -2.26. The molecular weight excluding hydrogens is 564 g/mol. The number of nitrogens with zero attached hydrogens (tertiary/aromatic N) is 2. The van der Waals surface area contributed by atoms with Crippen molar-refractivity contribution in [3.8, 4) is 0 Å². The van der Waals surface area contributed by atoms with Gasteiger partial charge in [0.2, 0.25) is 0 Å². The standard InChI is InChI=1S/C42H32N2O2/c1-43-41(42(45)46)32-37-24-30-40(31-25-37)44(38-26-20-35(21-27-38)18-10-8-16-33-12-4-2-5-13-33)39-28-22-36(23-29-39)19-11-9-17-34-14-6-3-7-15-34/h2-32H,(H,45,46)/b16-8+,17-9+,18-10+,19-11+,41-32?. The molecule has 0 spiro atoms. The number of hydrogen-bond acceptors (Lipinski definition) is 2. The summed E-state index contributed by atoms with van der Waals surface area (Å²) >= 11 is 0. The minimum Gasteiger partial charge on any atom is -0.486 e. The maximum atomic E-state index is 11.3. The Morgan fingerprint density at radius 2 is 0.826 bits per heavy atom. The van der Waals surface area contributed by atoms with Crippen molar-refractivity contribution in [2.75, 3.05) is 4.90 Å². The normalized spacial score (nSPS) is 11.8. The molecule has 0 saturated carbocycles. The molecule has 0 atom stereocenters. The van der Waals surface area contributed by atoms with Crippen LogP contribution in [0.3, 0.4) is 0 Å². The van der Waals surface area contributed by atoms with Crippen LogP contribution in [0, 0.1) is 6.57 Å². The van der Waals surface area contributed by atoms with Gasteiger partial charge in [0.25, 0.3) is 5.70 Å². The van der Waals surface area contributed by atoms with Gasteiger partial charge in [0.05, 0.1) is 6.57 Å². The first-order valence-electron chi connectivity index (χ1n) is 14.8. The van der Waals surface area contributed by atoms with Crippen molar-refractivity contribution in [1.82, 2.24) is 0 Å². The van der Waals surface area contributed by atoms with Gasteiger partial charge in [-0.25, -0.2) is 4.85 Å². The molecule has 0 aliphatic carbocycles. The first-order valence-corrected chi connectivity index (χ1v) is 14.8. The Balaban J connectivity index is 1.39. The van der Waals surface area contributed by atoms with E-state index in [0.717, 1.165) is 39.3 Å². The molecule has 46 heavy (non-hydrogen) atoms. The number of rotatable bonds is 11. The largest absolute Gasteiger partial charge is 0.486 e. The van der Waals surface area contributed by atoms with E-state index in [1.54, 1.807) is 0 Å². The highest BCUT2D eigenvalue weighted by atomic mass is 16.4. The summed E-state index contributed by atoms with van der Waals surface area (Å²) in [6, 6.07) is 44.5. The fourth-order valence-electron chi connectivity index (χ4n) is 4.73. The van der Waals surface area contributed by atoms with E-state index >= 15 is 0 Å². The van der Waals surface area contributed by atoms with E-state index in [9.17, 15) is 9.90 Å². The topological polar surface area (TPSA) is 44.9 Å². The van der Waals surface area contributed by atoms with Crippen LogP contribution >= 0.6 is 0 Å². The summed E-state index contributed by atoms with van der Waals surface area (Å²) in [5.41, 5.74) is 7.62. The molecule has 0 aliphatic rings. The van der Waals surface area contributed by atoms with Gasteiger partial charge in [0, 0.05) is 17.1 Å². The molecule has 0 aliphatic heterocycles. The quantitative estimate of drug-likeness (QED) is 0.0937. The minimum atomic E-state index is -1.24. The highest BCUT2D eigenvalue weighted by molar-refractivity contribution is 5.94. The Bertz CT molecular complexity index is 1820. The van der Waals surface area contributed by atoms with Crippen LogP contribution in [0.2, 0.25) is 0 Å². The van der Waals surface area contributed by atoms with Crippen molar-refractivity contribution in [3.05, 3.63) is 203 Å². The van der Waals surface area contributed by atoms with Gasteiger partial charge >= 0.3 is 5.97 Å². The van der Waals surface area contributed by atoms with E-state index in [4.69, 9.17) is 6.57 Å². The average molecular weight is 597 g/mol. The summed E-state index contributed by atoms with van der Waals surface area (Å²) < 4.78 is 0. The van der Waals surface area contributed by atoms with Crippen LogP contribution in [-0.2, 0) is 4.79 Å². The number of carboxylic acids is 1. The lowest BCUT2D eigenvalue weighted by Crippen LogP contribution is -2.09. The van der Waals surface area contributed by atoms with Crippen molar-refractivity contribution in [2.45, 2.75) is 0 Å². The van der Waals surface area contributed by atoms with Gasteiger partial charge in [-0.05, 0) is 70.3 Å². The van der Waals surface area contributed by atoms with E-state index in [2.05, 4.69) is 107 Å². The SMILES string of the molecule is [C-]#[N+]C(=Cc1ccc(N(c2ccc(/C=C/C=C/c3ccccc3)cc2)c2ccc(/C=C/C=C/c3ccccc3)cc2)cc1)C(=O)O. The number of allylic oxidation sites excluding steroid dienone is 4. The van der Waals surface area contributed by atoms with Crippen LogP contribution < -0.4 is 4.90 Å². The Morgan fingerprint density at radius 3 is 1.15 bits per heavy atom. The van der Waals surface area contributed by atoms with Crippen molar-refractivity contribution in [1.29, 1.82) is 0 Å². The molecule has 4 nitrogen and oxygen atoms in total. The molecule has 222 valence electrons. The van der Waals surface area contributed by atoms with E-state index in [1.807, 2.05) is 85.0 Å². The van der Waals surface area contributed by atoms with Gasteiger partial charge in [-0.1, -0.05) is 146 Å². The summed E-state index contributed by atoms with van der Waals surface area (Å²) in [6.45, 7) is 7.15. The van der Waals surface area contributed by atoms with Crippen LogP contribution in [-0.4, -0.2) is 11.1 Å².